The Morgan fingerprint density at radius 1 is 1.20 bits per heavy atom. The van der Waals surface area contributed by atoms with Crippen molar-refractivity contribution in [3.8, 4) is 30.2 Å². The minimum atomic E-state index is -0.928. The molecule has 2 aromatic carbocycles. The first-order chi connectivity index (χ1) is 21.2. The van der Waals surface area contributed by atoms with Crippen LogP contribution in [0.3, 0.4) is 0 Å². The lowest BCUT2D eigenvalue weighted by atomic mass is 9.88. The number of hydrogen-bond acceptors (Lipinski definition) is 7. The number of hydrogen-bond donors (Lipinski definition) is 0. The summed E-state index contributed by atoms with van der Waals surface area (Å²) in [5.41, 5.74) is -0.468. The summed E-state index contributed by atoms with van der Waals surface area (Å²) in [4.78, 5) is 38.7. The van der Waals surface area contributed by atoms with Crippen molar-refractivity contribution in [1.82, 2.24) is 24.8 Å². The number of halogens is 2. The van der Waals surface area contributed by atoms with Crippen LogP contribution in [0, 0.1) is 30.6 Å². The first-order valence-corrected chi connectivity index (χ1v) is 14.3. The van der Waals surface area contributed by atoms with E-state index in [0.29, 0.717) is 72.1 Å². The molecular weight excluding hydrogens is 562 g/mol. The van der Waals surface area contributed by atoms with E-state index in [-0.39, 0.29) is 28.7 Å². The van der Waals surface area contributed by atoms with E-state index in [1.165, 1.54) is 18.3 Å². The average molecular weight is 592 g/mol. The molecule has 11 heteroatoms. The molecule has 3 aliphatic heterocycles. The molecular formula is C33H29F2N8O+. The van der Waals surface area contributed by atoms with E-state index >= 15 is 4.39 Å². The molecule has 44 heavy (non-hydrogen) atoms. The van der Waals surface area contributed by atoms with Crippen LogP contribution in [0.5, 0.6) is 0 Å². The zero-order chi connectivity index (χ0) is 30.9. The zero-order valence-electron chi connectivity index (χ0n) is 24.3. The Labute approximate surface area is 253 Å². The molecule has 0 aliphatic carbocycles. The van der Waals surface area contributed by atoms with Gasteiger partial charge in [-0.1, -0.05) is 41.6 Å². The summed E-state index contributed by atoms with van der Waals surface area (Å²) in [5, 5.41) is 1.44. The number of amides is 1. The molecule has 3 saturated heterocycles. The van der Waals surface area contributed by atoms with Crippen LogP contribution in [0.25, 0.3) is 37.8 Å². The molecule has 0 spiro atoms. The number of terminal acetylenes is 1. The van der Waals surface area contributed by atoms with E-state index in [0.717, 1.165) is 0 Å². The summed E-state index contributed by atoms with van der Waals surface area (Å²) in [6.45, 7) is 11.8. The van der Waals surface area contributed by atoms with Gasteiger partial charge in [0, 0.05) is 42.8 Å². The Kier molecular flexibility index (Phi) is 6.27. The molecule has 3 fully saturated rings. The normalized spacial score (nSPS) is 21.2. The number of carbonyl (C=O) groups is 1. The fraction of sp³-hybridized carbons (Fsp3) is 0.303. The number of fused-ring (bicyclic) bond motifs is 3. The fourth-order valence-corrected chi connectivity index (χ4v) is 6.71. The molecule has 9 nitrogen and oxygen atoms in total. The maximum atomic E-state index is 16.8. The first-order valence-electron chi connectivity index (χ1n) is 14.3. The van der Waals surface area contributed by atoms with E-state index in [9.17, 15) is 9.18 Å². The van der Waals surface area contributed by atoms with Crippen molar-refractivity contribution in [3.05, 3.63) is 71.2 Å². The summed E-state index contributed by atoms with van der Waals surface area (Å²) >= 11 is 0. The number of rotatable bonds is 5. The predicted molar refractivity (Wildman–Crippen MR) is 167 cm³/mol. The average Bonchev–Trinajstić information content (AvgIpc) is 3.27. The van der Waals surface area contributed by atoms with Gasteiger partial charge in [0.1, 0.15) is 22.8 Å². The second-order valence-electron chi connectivity index (χ2n) is 11.6. The van der Waals surface area contributed by atoms with Crippen LogP contribution in [-0.2, 0) is 4.79 Å². The number of likely N-dealkylation sites (tertiary alicyclic amines) is 1. The number of carbonyl (C=O) groups excluding carboxylic acids is 1. The van der Waals surface area contributed by atoms with Gasteiger partial charge in [-0.2, -0.15) is 4.98 Å². The standard InChI is InChI=1S/C33H29F2N8O/c1-6-21-24(34)12-11-19-9-8-10-22(27(19)21)29-28(35)30-23(15-37-29)31(39-32(38-30)41-16-20(17-41)40(4)5)43-18-25-33(43,36-3)13-14-42(25)26(44)7-2/h1,3,7-12,15,20,25H,2,13-14,16-18H2,4-5H3/q+1/t25-,33-/m1/s1. The number of anilines is 2. The largest absolute Gasteiger partial charge is 0.380 e. The molecule has 0 bridgehead atoms. The van der Waals surface area contributed by atoms with Crippen LogP contribution in [0.4, 0.5) is 20.5 Å². The second kappa shape index (κ2) is 9.97. The second-order valence-corrected chi connectivity index (χ2v) is 11.6. The van der Waals surface area contributed by atoms with Crippen molar-refractivity contribution in [2.45, 2.75) is 24.2 Å². The molecule has 5 heterocycles. The zero-order valence-corrected chi connectivity index (χ0v) is 24.3. The summed E-state index contributed by atoms with van der Waals surface area (Å²) in [5.74, 6) is 1.77. The SMILES string of the molecule is C#Cc1c(F)ccc2cccc(-c3ncc4c(N5C[C@H]6N(C(=O)C=C)CC[C@]65[N+]#C)nc(N5CC(N(C)C)C5)nc4c3F)c12. The van der Waals surface area contributed by atoms with Gasteiger partial charge < -0.3 is 14.7 Å². The van der Waals surface area contributed by atoms with Gasteiger partial charge in [0.15, 0.2) is 11.9 Å². The third kappa shape index (κ3) is 3.79. The van der Waals surface area contributed by atoms with Gasteiger partial charge in [-0.25, -0.2) is 13.8 Å². The van der Waals surface area contributed by atoms with Crippen molar-refractivity contribution in [2.24, 2.45) is 0 Å². The molecule has 220 valence electrons. The Hall–Kier alpha value is -5.13. The van der Waals surface area contributed by atoms with Gasteiger partial charge in [0.25, 0.3) is 6.57 Å². The predicted octanol–water partition coefficient (Wildman–Crippen LogP) is 4.12. The highest BCUT2D eigenvalue weighted by Crippen LogP contribution is 2.48. The lowest BCUT2D eigenvalue weighted by Crippen LogP contribution is -2.71. The van der Waals surface area contributed by atoms with Crippen LogP contribution in [-0.4, -0.2) is 88.7 Å². The van der Waals surface area contributed by atoms with E-state index in [1.807, 2.05) is 23.9 Å². The lowest BCUT2D eigenvalue weighted by molar-refractivity contribution is -0.127. The quantitative estimate of drug-likeness (QED) is 0.256. The molecule has 7 rings (SSSR count). The summed E-state index contributed by atoms with van der Waals surface area (Å²) < 4.78 is 31.5. The van der Waals surface area contributed by atoms with Crippen LogP contribution >= 0.6 is 0 Å². The molecule has 2 atom stereocenters. The Balaban J connectivity index is 1.41. The van der Waals surface area contributed by atoms with Crippen LogP contribution < -0.4 is 9.80 Å². The molecule has 0 N–H and O–H groups in total. The van der Waals surface area contributed by atoms with E-state index in [1.54, 1.807) is 29.2 Å². The van der Waals surface area contributed by atoms with E-state index in [4.69, 9.17) is 23.0 Å². The van der Waals surface area contributed by atoms with Crippen LogP contribution in [0.15, 0.2) is 49.2 Å². The molecule has 3 aliphatic rings. The highest BCUT2D eigenvalue weighted by atomic mass is 19.1. The van der Waals surface area contributed by atoms with Gasteiger partial charge in [-0.15, -0.1) is 6.42 Å². The summed E-state index contributed by atoms with van der Waals surface area (Å²) in [6.07, 6.45) is 8.98. The first kappa shape index (κ1) is 27.7. The van der Waals surface area contributed by atoms with Crippen molar-refractivity contribution >= 4 is 39.3 Å². The molecule has 2 aromatic heterocycles. The Bertz CT molecular complexity index is 1980. The third-order valence-electron chi connectivity index (χ3n) is 9.31. The van der Waals surface area contributed by atoms with Crippen LogP contribution in [0.1, 0.15) is 12.0 Å². The monoisotopic (exact) mass is 591 g/mol. The summed E-state index contributed by atoms with van der Waals surface area (Å²) in [6, 6.07) is 8.15. The number of likely N-dealkylation sites (N-methyl/N-ethyl adjacent to an activating group) is 1. The molecule has 0 saturated carbocycles. The fourth-order valence-electron chi connectivity index (χ4n) is 6.71. The number of benzene rings is 2. The molecule has 1 amide bonds. The minimum absolute atomic E-state index is 0.00101. The van der Waals surface area contributed by atoms with Gasteiger partial charge in [0.2, 0.25) is 11.9 Å². The van der Waals surface area contributed by atoms with Gasteiger partial charge in [-0.05, 0) is 31.6 Å². The summed E-state index contributed by atoms with van der Waals surface area (Å²) in [7, 11) is 4.01. The van der Waals surface area contributed by atoms with Crippen molar-refractivity contribution < 1.29 is 13.6 Å². The van der Waals surface area contributed by atoms with Crippen molar-refractivity contribution in [3.63, 3.8) is 0 Å². The third-order valence-corrected chi connectivity index (χ3v) is 9.31. The van der Waals surface area contributed by atoms with Gasteiger partial charge in [0.05, 0.1) is 23.9 Å². The molecule has 4 aromatic rings. The number of aromatic nitrogens is 3. The number of pyridine rings is 1. The Morgan fingerprint density at radius 3 is 2.70 bits per heavy atom. The topological polar surface area (TPSA) is 73.1 Å². The molecule has 0 radical (unpaired) electrons. The highest BCUT2D eigenvalue weighted by Gasteiger charge is 2.70. The van der Waals surface area contributed by atoms with Crippen molar-refractivity contribution in [2.75, 3.05) is 50.1 Å². The smallest absolute Gasteiger partial charge is 0.337 e. The Morgan fingerprint density at radius 2 is 2.00 bits per heavy atom. The lowest BCUT2D eigenvalue weighted by Gasteiger charge is -2.46. The maximum absolute atomic E-state index is 16.8. The van der Waals surface area contributed by atoms with Gasteiger partial charge in [-0.3, -0.25) is 14.7 Å². The van der Waals surface area contributed by atoms with Crippen molar-refractivity contribution in [1.29, 1.82) is 0 Å². The van der Waals surface area contributed by atoms with Crippen LogP contribution in [0.2, 0.25) is 0 Å². The maximum Gasteiger partial charge on any atom is 0.380 e. The number of nitrogens with zero attached hydrogens (tertiary/aromatic N) is 8. The minimum Gasteiger partial charge on any atom is -0.337 e. The van der Waals surface area contributed by atoms with E-state index < -0.39 is 17.3 Å². The van der Waals surface area contributed by atoms with E-state index in [2.05, 4.69) is 27.2 Å². The molecule has 0 unspecified atom stereocenters. The highest BCUT2D eigenvalue weighted by molar-refractivity contribution is 6.02. The van der Waals surface area contributed by atoms with Gasteiger partial charge >= 0.3 is 5.66 Å².